The maximum Gasteiger partial charge on any atom is 0.323 e. The number of halogens is 2. The Labute approximate surface area is 142 Å². The van der Waals surface area contributed by atoms with Gasteiger partial charge in [-0.05, 0) is 29.3 Å². The third-order valence-electron chi connectivity index (χ3n) is 4.62. The van der Waals surface area contributed by atoms with Crippen molar-refractivity contribution in [2.45, 2.75) is 18.5 Å². The molecule has 0 spiro atoms. The standard InChI is InChI=1S/C19H16F2N2O2/c1-25-19(24)16-9-14-13-4-2-3-5-15(13)22-18(14)17(23-16)10-6-11(20)8-12(21)7-10/h2-8,16-17,22-23H,9H2,1H3/t16-,17+/m1/s1. The highest BCUT2D eigenvalue weighted by atomic mass is 19.1. The fourth-order valence-electron chi connectivity index (χ4n) is 3.53. The average Bonchev–Trinajstić information content (AvgIpc) is 2.98. The zero-order chi connectivity index (χ0) is 17.6. The summed E-state index contributed by atoms with van der Waals surface area (Å²) in [7, 11) is 1.33. The molecule has 1 aliphatic heterocycles. The molecule has 25 heavy (non-hydrogen) atoms. The normalized spacial score (nSPS) is 19.6. The number of nitrogens with one attached hydrogen (secondary N) is 2. The van der Waals surface area contributed by atoms with Crippen LogP contribution >= 0.6 is 0 Å². The number of benzene rings is 2. The molecule has 4 rings (SSSR count). The van der Waals surface area contributed by atoms with Crippen LogP contribution in [0.25, 0.3) is 10.9 Å². The number of ether oxygens (including phenoxy) is 1. The van der Waals surface area contributed by atoms with Gasteiger partial charge in [0.2, 0.25) is 0 Å². The molecular formula is C19H16F2N2O2. The third kappa shape index (κ3) is 2.68. The van der Waals surface area contributed by atoms with Crippen molar-refractivity contribution in [2.24, 2.45) is 0 Å². The van der Waals surface area contributed by atoms with E-state index in [0.717, 1.165) is 28.2 Å². The first-order valence-corrected chi connectivity index (χ1v) is 7.96. The summed E-state index contributed by atoms with van der Waals surface area (Å²) in [6, 6.07) is 9.98. The first-order valence-electron chi connectivity index (χ1n) is 7.96. The van der Waals surface area contributed by atoms with E-state index < -0.39 is 29.7 Å². The van der Waals surface area contributed by atoms with Crippen LogP contribution in [0.15, 0.2) is 42.5 Å². The highest BCUT2D eigenvalue weighted by Gasteiger charge is 2.34. The van der Waals surface area contributed by atoms with E-state index in [4.69, 9.17) is 4.74 Å². The molecule has 128 valence electrons. The number of para-hydroxylation sites is 1. The molecule has 0 saturated carbocycles. The molecule has 3 aromatic rings. The van der Waals surface area contributed by atoms with Crippen molar-refractivity contribution in [1.82, 2.24) is 10.3 Å². The maximum atomic E-state index is 13.7. The fraction of sp³-hybridized carbons (Fsp3) is 0.211. The summed E-state index contributed by atoms with van der Waals surface area (Å²) in [4.78, 5) is 15.4. The Morgan fingerprint density at radius 1 is 1.16 bits per heavy atom. The molecule has 0 amide bonds. The van der Waals surface area contributed by atoms with Crippen LogP contribution in [0.3, 0.4) is 0 Å². The van der Waals surface area contributed by atoms with E-state index in [9.17, 15) is 13.6 Å². The van der Waals surface area contributed by atoms with Crippen molar-refractivity contribution >= 4 is 16.9 Å². The number of H-pyrrole nitrogens is 1. The molecule has 0 fully saturated rings. The number of carbonyl (C=O) groups is 1. The Morgan fingerprint density at radius 2 is 1.88 bits per heavy atom. The maximum absolute atomic E-state index is 13.7. The fourth-order valence-corrected chi connectivity index (χ4v) is 3.53. The summed E-state index contributed by atoms with van der Waals surface area (Å²) < 4.78 is 32.3. The number of esters is 1. The Kier molecular flexibility index (Phi) is 3.77. The van der Waals surface area contributed by atoms with Crippen molar-refractivity contribution in [2.75, 3.05) is 7.11 Å². The van der Waals surface area contributed by atoms with E-state index in [1.807, 2.05) is 24.3 Å². The van der Waals surface area contributed by atoms with Gasteiger partial charge in [-0.1, -0.05) is 18.2 Å². The molecule has 1 aromatic heterocycles. The van der Waals surface area contributed by atoms with Crippen LogP contribution in [0.1, 0.15) is 22.9 Å². The molecule has 0 aliphatic carbocycles. The Morgan fingerprint density at radius 3 is 2.60 bits per heavy atom. The molecule has 0 saturated heterocycles. The van der Waals surface area contributed by atoms with Crippen LogP contribution in [0.4, 0.5) is 8.78 Å². The zero-order valence-corrected chi connectivity index (χ0v) is 13.5. The minimum absolute atomic E-state index is 0.405. The van der Waals surface area contributed by atoms with E-state index in [1.165, 1.54) is 19.2 Å². The molecule has 0 bridgehead atoms. The highest BCUT2D eigenvalue weighted by molar-refractivity contribution is 5.87. The van der Waals surface area contributed by atoms with Crippen molar-refractivity contribution in [3.8, 4) is 0 Å². The van der Waals surface area contributed by atoms with Gasteiger partial charge in [-0.2, -0.15) is 0 Å². The van der Waals surface area contributed by atoms with E-state index in [0.29, 0.717) is 12.0 Å². The number of carbonyl (C=O) groups excluding carboxylic acids is 1. The van der Waals surface area contributed by atoms with Crippen LogP contribution < -0.4 is 5.32 Å². The lowest BCUT2D eigenvalue weighted by atomic mass is 9.90. The van der Waals surface area contributed by atoms with Gasteiger partial charge in [0, 0.05) is 29.1 Å². The molecule has 0 unspecified atom stereocenters. The zero-order valence-electron chi connectivity index (χ0n) is 13.5. The van der Waals surface area contributed by atoms with Gasteiger partial charge in [0.05, 0.1) is 13.2 Å². The largest absolute Gasteiger partial charge is 0.468 e. The topological polar surface area (TPSA) is 54.1 Å². The quantitative estimate of drug-likeness (QED) is 0.703. The lowest BCUT2D eigenvalue weighted by Gasteiger charge is -2.30. The molecule has 4 nitrogen and oxygen atoms in total. The van der Waals surface area contributed by atoms with Gasteiger partial charge in [0.25, 0.3) is 0 Å². The van der Waals surface area contributed by atoms with E-state index in [2.05, 4.69) is 10.3 Å². The van der Waals surface area contributed by atoms with Crippen LogP contribution in [0.2, 0.25) is 0 Å². The van der Waals surface area contributed by atoms with Gasteiger partial charge < -0.3 is 9.72 Å². The third-order valence-corrected chi connectivity index (χ3v) is 4.62. The van der Waals surface area contributed by atoms with Crippen LogP contribution in [-0.2, 0) is 16.0 Å². The molecule has 6 heteroatoms. The van der Waals surface area contributed by atoms with Crippen LogP contribution in [-0.4, -0.2) is 24.1 Å². The molecule has 2 atom stereocenters. The van der Waals surface area contributed by atoms with Crippen molar-refractivity contribution in [3.63, 3.8) is 0 Å². The number of hydrogen-bond donors (Lipinski definition) is 2. The van der Waals surface area contributed by atoms with Crippen molar-refractivity contribution in [1.29, 1.82) is 0 Å². The summed E-state index contributed by atoms with van der Waals surface area (Å²) in [5.41, 5.74) is 3.10. The lowest BCUT2D eigenvalue weighted by molar-refractivity contribution is -0.143. The highest BCUT2D eigenvalue weighted by Crippen LogP contribution is 2.35. The summed E-state index contributed by atoms with van der Waals surface area (Å²) in [5.74, 6) is -1.72. The average molecular weight is 342 g/mol. The van der Waals surface area contributed by atoms with Crippen LogP contribution in [0.5, 0.6) is 0 Å². The molecule has 1 aliphatic rings. The number of hydrogen-bond acceptors (Lipinski definition) is 3. The Bertz CT molecular complexity index is 947. The second-order valence-electron chi connectivity index (χ2n) is 6.15. The van der Waals surface area contributed by atoms with Gasteiger partial charge in [0.15, 0.2) is 0 Å². The molecule has 2 N–H and O–H groups in total. The van der Waals surface area contributed by atoms with Gasteiger partial charge in [-0.25, -0.2) is 8.78 Å². The summed E-state index contributed by atoms with van der Waals surface area (Å²) in [6.45, 7) is 0. The summed E-state index contributed by atoms with van der Waals surface area (Å²) >= 11 is 0. The number of rotatable bonds is 2. The van der Waals surface area contributed by atoms with Gasteiger partial charge in [0.1, 0.15) is 17.7 Å². The smallest absolute Gasteiger partial charge is 0.323 e. The molecule has 2 heterocycles. The molecule has 2 aromatic carbocycles. The first kappa shape index (κ1) is 15.8. The molecular weight excluding hydrogens is 326 g/mol. The monoisotopic (exact) mass is 342 g/mol. The lowest BCUT2D eigenvalue weighted by Crippen LogP contribution is -2.45. The number of aromatic amines is 1. The SMILES string of the molecule is COC(=O)[C@H]1Cc2c([nH]c3ccccc23)[C@H](c2cc(F)cc(F)c2)N1. The number of fused-ring (bicyclic) bond motifs is 3. The Balaban J connectivity index is 1.90. The first-order chi connectivity index (χ1) is 12.1. The molecule has 0 radical (unpaired) electrons. The second kappa shape index (κ2) is 5.97. The van der Waals surface area contributed by atoms with Crippen molar-refractivity contribution < 1.29 is 18.3 Å². The van der Waals surface area contributed by atoms with E-state index >= 15 is 0 Å². The number of aromatic nitrogens is 1. The van der Waals surface area contributed by atoms with Gasteiger partial charge in [-0.15, -0.1) is 0 Å². The Hall–Kier alpha value is -2.73. The summed E-state index contributed by atoms with van der Waals surface area (Å²) in [6.07, 6.45) is 0.445. The minimum atomic E-state index is -0.658. The summed E-state index contributed by atoms with van der Waals surface area (Å²) in [5, 5.41) is 4.15. The second-order valence-corrected chi connectivity index (χ2v) is 6.15. The van der Waals surface area contributed by atoms with Gasteiger partial charge >= 0.3 is 5.97 Å². The minimum Gasteiger partial charge on any atom is -0.468 e. The van der Waals surface area contributed by atoms with E-state index in [-0.39, 0.29) is 0 Å². The predicted molar refractivity (Wildman–Crippen MR) is 89.1 cm³/mol. The van der Waals surface area contributed by atoms with Crippen LogP contribution in [0, 0.1) is 11.6 Å². The number of methoxy groups -OCH3 is 1. The van der Waals surface area contributed by atoms with Gasteiger partial charge in [-0.3, -0.25) is 10.1 Å². The van der Waals surface area contributed by atoms with Crippen molar-refractivity contribution in [3.05, 3.63) is 70.9 Å². The van der Waals surface area contributed by atoms with E-state index in [1.54, 1.807) is 0 Å². The predicted octanol–water partition coefficient (Wildman–Crippen LogP) is 3.22.